The fourth-order valence-corrected chi connectivity index (χ4v) is 9.46. The first-order chi connectivity index (χ1) is 32.1. The summed E-state index contributed by atoms with van der Waals surface area (Å²) in [6, 6.07) is 0. The van der Waals surface area contributed by atoms with Crippen LogP contribution in [-0.2, 0) is 56.8 Å². The average Bonchev–Trinajstić information content (AvgIpc) is 3.31. The maximum Gasteiger partial charge on any atom is 0.187 e. The summed E-state index contributed by atoms with van der Waals surface area (Å²) in [5.74, 6) is 0. The minimum atomic E-state index is -2.56. The Hall–Kier alpha value is -1.20. The van der Waals surface area contributed by atoms with Gasteiger partial charge < -0.3 is 149 Å². The van der Waals surface area contributed by atoms with Crippen molar-refractivity contribution in [3.05, 3.63) is 0 Å². The van der Waals surface area contributed by atoms with E-state index in [0.29, 0.717) is 0 Å². The molecule has 0 radical (unpaired) electrons. The number of hydrogen-bond donors (Lipinski definition) is 18. The van der Waals surface area contributed by atoms with E-state index >= 15 is 0 Å². The van der Waals surface area contributed by atoms with Crippen LogP contribution >= 0.6 is 0 Å². The molecule has 12 bridgehead atoms. The van der Waals surface area contributed by atoms with Gasteiger partial charge in [0.1, 0.15) is 145 Å². The molecule has 30 nitrogen and oxygen atoms in total. The standard InChI is InChI=1S/C38H64O30/c1-37(55)27(53)35-61-13(7-43)29(37)67-33-21(51)17(47)23(9(3-39)59-33)63-32-20(50)16(46)26(12(6-42)58-32)66-36-28(54)38(2,56)30(14(8-44)62-36)68-34-22(52)18(48)24(10(4-40)60-34)64-31-19(49)15(45)25(65-35)11(5-41)57-31/h9-36,39-56H,3-8H2,1-2H3/t9?,10?,11?,12?,13?,14?,15-,16-,17-,18-,19?,20?,21?,22?,23+,24+,25+,26+,27?,28?,29+,30+,31+,32+,33+,34+,35+,36+,37-,38-/m1/s1. The second-order valence-corrected chi connectivity index (χ2v) is 18.1. The van der Waals surface area contributed by atoms with Crippen molar-refractivity contribution in [3.63, 3.8) is 0 Å². The second-order valence-electron chi connectivity index (χ2n) is 18.1. The Morgan fingerprint density at radius 3 is 0.721 bits per heavy atom. The SMILES string of the molecule is C[C@@]1(O)C(O)[C@H]2OC(CO)[C@@H]1O[C@@H]1OC(CO)[C@H](O[C@@H]3OC(CO)[C@H](O[C@@H]4OC(CO)[C@H](O[C@@H]5OC(CO)[C@H](O[C@@H]6OC(CO)[C@H](O2)[C@H](O)C6O)[C@H](O)C5O)[C@](C)(O)C4O)[C@H](O)C3O)[C@H](O)C1O. The lowest BCUT2D eigenvalue weighted by atomic mass is 9.85. The number of aliphatic hydroxyl groups is 18. The van der Waals surface area contributed by atoms with Gasteiger partial charge in [0.05, 0.1) is 39.6 Å². The Morgan fingerprint density at radius 1 is 0.279 bits per heavy atom. The van der Waals surface area contributed by atoms with Crippen molar-refractivity contribution in [3.8, 4) is 0 Å². The molecule has 68 heavy (non-hydrogen) atoms. The van der Waals surface area contributed by atoms with Gasteiger partial charge in [-0.1, -0.05) is 0 Å². The molecule has 22 rings (SSSR count). The normalized spacial score (nSPS) is 56.3. The van der Waals surface area contributed by atoms with Crippen molar-refractivity contribution in [2.75, 3.05) is 39.6 Å². The molecule has 0 amide bonds. The largest absolute Gasteiger partial charge is 0.394 e. The summed E-state index contributed by atoms with van der Waals surface area (Å²) < 4.78 is 68.6. The molecule has 0 aliphatic carbocycles. The summed E-state index contributed by atoms with van der Waals surface area (Å²) >= 11 is 0. The Morgan fingerprint density at radius 2 is 0.485 bits per heavy atom. The first-order valence-electron chi connectivity index (χ1n) is 21.9. The molecule has 0 saturated carbocycles. The van der Waals surface area contributed by atoms with Crippen LogP contribution in [0.15, 0.2) is 0 Å². The molecule has 22 heterocycles. The van der Waals surface area contributed by atoms with Crippen LogP contribution in [0, 0.1) is 0 Å². The Kier molecular flexibility index (Phi) is 17.4. The third kappa shape index (κ3) is 9.95. The molecular formula is C38H64O30. The van der Waals surface area contributed by atoms with Crippen molar-refractivity contribution in [1.29, 1.82) is 0 Å². The summed E-state index contributed by atoms with van der Waals surface area (Å²) in [5.41, 5.74) is -5.12. The van der Waals surface area contributed by atoms with Gasteiger partial charge in [0.25, 0.3) is 0 Å². The molecule has 12 unspecified atom stereocenters. The van der Waals surface area contributed by atoms with E-state index in [1.54, 1.807) is 0 Å². The highest BCUT2D eigenvalue weighted by atomic mass is 16.8. The van der Waals surface area contributed by atoms with Crippen molar-refractivity contribution < 1.29 is 149 Å². The Labute approximate surface area is 385 Å². The highest BCUT2D eigenvalue weighted by Gasteiger charge is 2.62. The summed E-state index contributed by atoms with van der Waals surface area (Å²) in [5, 5.41) is 198. The summed E-state index contributed by atoms with van der Waals surface area (Å²) in [7, 11) is 0. The molecule has 22 aliphatic heterocycles. The summed E-state index contributed by atoms with van der Waals surface area (Å²) in [4.78, 5) is 0. The lowest BCUT2D eigenvalue weighted by Gasteiger charge is -2.53. The van der Waals surface area contributed by atoms with Crippen LogP contribution in [-0.4, -0.2) is 315 Å². The Balaban J connectivity index is 1.22. The van der Waals surface area contributed by atoms with Gasteiger partial charge in [-0.3, -0.25) is 0 Å². The highest BCUT2D eigenvalue weighted by molar-refractivity contribution is 5.05. The molecular weight excluding hydrogens is 936 g/mol. The number of hydrogen-bond acceptors (Lipinski definition) is 30. The minimum Gasteiger partial charge on any atom is -0.394 e. The highest BCUT2D eigenvalue weighted by Crippen LogP contribution is 2.41. The number of rotatable bonds is 6. The van der Waals surface area contributed by atoms with E-state index in [1.165, 1.54) is 0 Å². The van der Waals surface area contributed by atoms with Crippen LogP contribution in [0.1, 0.15) is 13.8 Å². The topological polar surface area (TPSA) is 475 Å². The van der Waals surface area contributed by atoms with Crippen LogP contribution in [0.4, 0.5) is 0 Å². The Bertz CT molecular complexity index is 1490. The molecule has 22 saturated heterocycles. The quantitative estimate of drug-likeness (QED) is 0.117. The number of aliphatic hydroxyl groups excluding tert-OH is 16. The molecule has 0 aromatic heterocycles. The van der Waals surface area contributed by atoms with Gasteiger partial charge in [-0.15, -0.1) is 0 Å². The fourth-order valence-electron chi connectivity index (χ4n) is 9.46. The zero-order chi connectivity index (χ0) is 49.9. The first-order valence-corrected chi connectivity index (χ1v) is 21.9. The monoisotopic (exact) mass is 1000 g/mol. The average molecular weight is 1000 g/mol. The summed E-state index contributed by atoms with van der Waals surface area (Å²) in [6.07, 6.45) is -55.0. The van der Waals surface area contributed by atoms with Crippen molar-refractivity contribution in [2.45, 2.75) is 197 Å². The zero-order valence-electron chi connectivity index (χ0n) is 36.4. The predicted octanol–water partition coefficient (Wildman–Crippen LogP) is -12.3. The second kappa shape index (κ2) is 21.7. The van der Waals surface area contributed by atoms with Crippen LogP contribution < -0.4 is 0 Å². The lowest BCUT2D eigenvalue weighted by Crippen LogP contribution is -2.72. The van der Waals surface area contributed by atoms with Crippen LogP contribution in [0.25, 0.3) is 0 Å². The van der Waals surface area contributed by atoms with E-state index in [0.717, 1.165) is 13.8 Å². The van der Waals surface area contributed by atoms with E-state index in [2.05, 4.69) is 0 Å². The maximum atomic E-state index is 11.7. The minimum absolute atomic E-state index is 0.982. The molecule has 0 aromatic rings. The molecule has 22 fully saturated rings. The van der Waals surface area contributed by atoms with Crippen LogP contribution in [0.5, 0.6) is 0 Å². The smallest absolute Gasteiger partial charge is 0.187 e. The summed E-state index contributed by atoms with van der Waals surface area (Å²) in [6.45, 7) is -4.10. The van der Waals surface area contributed by atoms with E-state index in [-0.39, 0.29) is 0 Å². The molecule has 30 atom stereocenters. The van der Waals surface area contributed by atoms with Crippen molar-refractivity contribution in [2.24, 2.45) is 0 Å². The predicted molar refractivity (Wildman–Crippen MR) is 205 cm³/mol. The molecule has 18 N–H and O–H groups in total. The van der Waals surface area contributed by atoms with Gasteiger partial charge in [0, 0.05) is 0 Å². The van der Waals surface area contributed by atoms with Gasteiger partial charge in [0.15, 0.2) is 37.7 Å². The molecule has 30 heteroatoms. The fraction of sp³-hybridized carbons (Fsp3) is 1.00. The van der Waals surface area contributed by atoms with E-state index < -0.39 is 223 Å². The van der Waals surface area contributed by atoms with Gasteiger partial charge in [-0.2, -0.15) is 0 Å². The third-order valence-electron chi connectivity index (χ3n) is 13.5. The first kappa shape index (κ1) is 54.6. The van der Waals surface area contributed by atoms with E-state index in [4.69, 9.17) is 56.8 Å². The zero-order valence-corrected chi connectivity index (χ0v) is 36.4. The third-order valence-corrected chi connectivity index (χ3v) is 13.5. The van der Waals surface area contributed by atoms with Gasteiger partial charge >= 0.3 is 0 Å². The van der Waals surface area contributed by atoms with E-state index in [9.17, 15) is 91.9 Å². The lowest BCUT2D eigenvalue weighted by molar-refractivity contribution is -0.414. The van der Waals surface area contributed by atoms with Crippen molar-refractivity contribution >= 4 is 0 Å². The van der Waals surface area contributed by atoms with Crippen LogP contribution in [0.3, 0.4) is 0 Å². The maximum absolute atomic E-state index is 11.7. The van der Waals surface area contributed by atoms with Crippen LogP contribution in [0.2, 0.25) is 0 Å². The van der Waals surface area contributed by atoms with Crippen molar-refractivity contribution in [1.82, 2.24) is 0 Å². The van der Waals surface area contributed by atoms with Gasteiger partial charge in [-0.25, -0.2) is 0 Å². The molecule has 0 spiro atoms. The number of ether oxygens (including phenoxy) is 12. The van der Waals surface area contributed by atoms with E-state index in [1.807, 2.05) is 0 Å². The molecule has 0 aromatic carbocycles. The molecule has 396 valence electrons. The molecule has 22 aliphatic rings. The van der Waals surface area contributed by atoms with Gasteiger partial charge in [-0.05, 0) is 13.8 Å². The van der Waals surface area contributed by atoms with Gasteiger partial charge in [0.2, 0.25) is 0 Å².